The molecule has 2 aromatic carbocycles. The van der Waals surface area contributed by atoms with E-state index in [9.17, 15) is 9.90 Å². The highest BCUT2D eigenvalue weighted by atomic mass is 16.3. The van der Waals surface area contributed by atoms with Gasteiger partial charge in [0.1, 0.15) is 5.75 Å². The van der Waals surface area contributed by atoms with E-state index >= 15 is 0 Å². The number of aromatic nitrogens is 2. The van der Waals surface area contributed by atoms with Gasteiger partial charge in [0.15, 0.2) is 5.82 Å². The number of anilines is 2. The zero-order valence-corrected chi connectivity index (χ0v) is 12.1. The number of amides is 2. The number of rotatable bonds is 3. The Hall–Kier alpha value is -3.41. The van der Waals surface area contributed by atoms with Crippen molar-refractivity contribution in [1.29, 1.82) is 0 Å². The van der Waals surface area contributed by atoms with Crippen molar-refractivity contribution in [3.63, 3.8) is 0 Å². The number of benzene rings is 2. The molecule has 3 aromatic rings. The van der Waals surface area contributed by atoms with Gasteiger partial charge in [0.05, 0.1) is 11.4 Å². The Labute approximate surface area is 132 Å². The van der Waals surface area contributed by atoms with Gasteiger partial charge < -0.3 is 10.4 Å². The fourth-order valence-corrected chi connectivity index (χ4v) is 2.01. The van der Waals surface area contributed by atoms with Crippen molar-refractivity contribution in [1.82, 2.24) is 10.2 Å². The van der Waals surface area contributed by atoms with E-state index in [1.165, 1.54) is 6.07 Å². The first-order chi connectivity index (χ1) is 11.2. The molecule has 0 aliphatic carbocycles. The molecule has 0 aliphatic rings. The molecule has 1 aromatic heterocycles. The molecular formula is C17H14N4O2. The van der Waals surface area contributed by atoms with Crippen LogP contribution < -0.4 is 10.6 Å². The van der Waals surface area contributed by atoms with E-state index < -0.39 is 6.03 Å². The van der Waals surface area contributed by atoms with Crippen molar-refractivity contribution in [2.24, 2.45) is 0 Å². The smallest absolute Gasteiger partial charge is 0.325 e. The second-order valence-corrected chi connectivity index (χ2v) is 4.77. The van der Waals surface area contributed by atoms with Crippen LogP contribution in [-0.4, -0.2) is 21.3 Å². The number of nitrogens with one attached hydrogen (secondary N) is 2. The molecule has 3 rings (SSSR count). The van der Waals surface area contributed by atoms with Gasteiger partial charge >= 0.3 is 6.03 Å². The van der Waals surface area contributed by atoms with Gasteiger partial charge in [0, 0.05) is 5.56 Å². The Balaban J connectivity index is 1.66. The van der Waals surface area contributed by atoms with Crippen LogP contribution in [0.15, 0.2) is 66.7 Å². The molecule has 3 N–H and O–H groups in total. The lowest BCUT2D eigenvalue weighted by Gasteiger charge is -2.08. The van der Waals surface area contributed by atoms with Crippen LogP contribution in [0.2, 0.25) is 0 Å². The largest absolute Gasteiger partial charge is 0.506 e. The average Bonchev–Trinajstić information content (AvgIpc) is 2.58. The minimum atomic E-state index is -0.506. The molecule has 6 heteroatoms. The van der Waals surface area contributed by atoms with E-state index in [1.54, 1.807) is 30.3 Å². The number of hydrogen-bond acceptors (Lipinski definition) is 4. The predicted octanol–water partition coefficient (Wildman–Crippen LogP) is 3.49. The number of phenols is 1. The third-order valence-corrected chi connectivity index (χ3v) is 3.13. The Morgan fingerprint density at radius 2 is 1.57 bits per heavy atom. The number of urea groups is 1. The molecule has 6 nitrogen and oxygen atoms in total. The van der Waals surface area contributed by atoms with Crippen LogP contribution in [0.25, 0.3) is 11.3 Å². The quantitative estimate of drug-likeness (QED) is 0.646. The number of carbonyl (C=O) groups excluding carboxylic acids is 1. The van der Waals surface area contributed by atoms with Crippen molar-refractivity contribution in [2.45, 2.75) is 0 Å². The molecule has 0 fully saturated rings. The maximum absolute atomic E-state index is 11.9. The van der Waals surface area contributed by atoms with E-state index in [1.807, 2.05) is 30.3 Å². The number of para-hydroxylation sites is 2. The maximum atomic E-state index is 11.9. The molecule has 0 aliphatic heterocycles. The van der Waals surface area contributed by atoms with E-state index in [4.69, 9.17) is 0 Å². The molecule has 0 saturated carbocycles. The van der Waals surface area contributed by atoms with E-state index in [-0.39, 0.29) is 5.75 Å². The summed E-state index contributed by atoms with van der Waals surface area (Å²) in [6, 6.07) is 19.0. The lowest BCUT2D eigenvalue weighted by molar-refractivity contribution is 0.262. The molecule has 0 saturated heterocycles. The van der Waals surface area contributed by atoms with Crippen molar-refractivity contribution in [3.8, 4) is 17.0 Å². The lowest BCUT2D eigenvalue weighted by Crippen LogP contribution is -2.20. The van der Waals surface area contributed by atoms with E-state index in [0.717, 1.165) is 11.3 Å². The lowest BCUT2D eigenvalue weighted by atomic mass is 10.1. The van der Waals surface area contributed by atoms with Gasteiger partial charge in [-0.25, -0.2) is 4.79 Å². The zero-order valence-electron chi connectivity index (χ0n) is 12.1. The van der Waals surface area contributed by atoms with Crippen LogP contribution in [0.4, 0.5) is 16.3 Å². The Bertz CT molecular complexity index is 804. The Morgan fingerprint density at radius 1 is 0.826 bits per heavy atom. The summed E-state index contributed by atoms with van der Waals surface area (Å²) in [5, 5.41) is 22.8. The van der Waals surface area contributed by atoms with E-state index in [2.05, 4.69) is 20.8 Å². The van der Waals surface area contributed by atoms with Crippen molar-refractivity contribution >= 4 is 17.5 Å². The first-order valence-corrected chi connectivity index (χ1v) is 6.97. The second-order valence-electron chi connectivity index (χ2n) is 4.77. The van der Waals surface area contributed by atoms with Crippen LogP contribution >= 0.6 is 0 Å². The summed E-state index contributed by atoms with van der Waals surface area (Å²) in [6.07, 6.45) is 0. The van der Waals surface area contributed by atoms with Gasteiger partial charge in [-0.15, -0.1) is 10.2 Å². The van der Waals surface area contributed by atoms with E-state index in [0.29, 0.717) is 11.5 Å². The minimum Gasteiger partial charge on any atom is -0.506 e. The summed E-state index contributed by atoms with van der Waals surface area (Å²) in [5.41, 5.74) is 1.99. The molecule has 1 heterocycles. The number of hydrogen-bond donors (Lipinski definition) is 3. The topological polar surface area (TPSA) is 87.1 Å². The van der Waals surface area contributed by atoms with Crippen LogP contribution in [0.1, 0.15) is 0 Å². The minimum absolute atomic E-state index is 0.00633. The normalized spacial score (nSPS) is 10.1. The molecule has 0 spiro atoms. The molecular weight excluding hydrogens is 292 g/mol. The van der Waals surface area contributed by atoms with Crippen LogP contribution in [0.3, 0.4) is 0 Å². The van der Waals surface area contributed by atoms with Gasteiger partial charge in [0.25, 0.3) is 0 Å². The summed E-state index contributed by atoms with van der Waals surface area (Å²) in [6.45, 7) is 0. The number of aromatic hydroxyl groups is 1. The van der Waals surface area contributed by atoms with Gasteiger partial charge in [-0.05, 0) is 24.3 Å². The number of carbonyl (C=O) groups is 1. The fourth-order valence-electron chi connectivity index (χ4n) is 2.01. The highest BCUT2D eigenvalue weighted by molar-refractivity contribution is 6.00. The molecule has 0 unspecified atom stereocenters. The standard InChI is InChI=1S/C17H14N4O2/c22-15-9-5-4-8-14(15)18-17(23)19-16-11-10-13(20-21-16)12-6-2-1-3-7-12/h1-11,22H,(H2,18,19,21,23). The maximum Gasteiger partial charge on any atom is 0.325 e. The monoisotopic (exact) mass is 306 g/mol. The number of nitrogens with zero attached hydrogens (tertiary/aromatic N) is 2. The van der Waals surface area contributed by atoms with Gasteiger partial charge in [-0.3, -0.25) is 5.32 Å². The fraction of sp³-hybridized carbons (Fsp3) is 0. The van der Waals surface area contributed by atoms with Crippen molar-refractivity contribution in [2.75, 3.05) is 10.6 Å². The molecule has 0 radical (unpaired) electrons. The third-order valence-electron chi connectivity index (χ3n) is 3.13. The summed E-state index contributed by atoms with van der Waals surface area (Å²) >= 11 is 0. The molecule has 114 valence electrons. The molecule has 0 bridgehead atoms. The summed E-state index contributed by atoms with van der Waals surface area (Å²) in [4.78, 5) is 11.9. The third kappa shape index (κ3) is 3.62. The van der Waals surface area contributed by atoms with Crippen LogP contribution in [0, 0.1) is 0 Å². The molecule has 23 heavy (non-hydrogen) atoms. The number of phenolic OH excluding ortho intramolecular Hbond substituents is 1. The highest BCUT2D eigenvalue weighted by Gasteiger charge is 2.07. The Morgan fingerprint density at radius 3 is 2.26 bits per heavy atom. The van der Waals surface area contributed by atoms with Crippen LogP contribution in [0.5, 0.6) is 5.75 Å². The second kappa shape index (κ2) is 6.57. The van der Waals surface area contributed by atoms with Gasteiger partial charge in [0.2, 0.25) is 0 Å². The van der Waals surface area contributed by atoms with Gasteiger partial charge in [-0.2, -0.15) is 0 Å². The zero-order chi connectivity index (χ0) is 16.1. The highest BCUT2D eigenvalue weighted by Crippen LogP contribution is 2.21. The first kappa shape index (κ1) is 14.5. The summed E-state index contributed by atoms with van der Waals surface area (Å²) < 4.78 is 0. The van der Waals surface area contributed by atoms with Crippen molar-refractivity contribution < 1.29 is 9.90 Å². The first-order valence-electron chi connectivity index (χ1n) is 6.97. The Kier molecular flexibility index (Phi) is 4.15. The van der Waals surface area contributed by atoms with Crippen molar-refractivity contribution in [3.05, 3.63) is 66.7 Å². The predicted molar refractivity (Wildman–Crippen MR) is 88.2 cm³/mol. The summed E-state index contributed by atoms with van der Waals surface area (Å²) in [7, 11) is 0. The average molecular weight is 306 g/mol. The van der Waals surface area contributed by atoms with Crippen LogP contribution in [-0.2, 0) is 0 Å². The summed E-state index contributed by atoms with van der Waals surface area (Å²) in [5.74, 6) is 0.311. The van der Waals surface area contributed by atoms with Gasteiger partial charge in [-0.1, -0.05) is 42.5 Å². The molecule has 2 amide bonds. The SMILES string of the molecule is O=C(Nc1ccc(-c2ccccc2)nn1)Nc1ccccc1O. The molecule has 0 atom stereocenters.